The molecule has 4 nitrogen and oxygen atoms in total. The molecule has 1 aromatic rings. The molecule has 0 radical (unpaired) electrons. The van der Waals surface area contributed by atoms with Crippen molar-refractivity contribution in [2.75, 3.05) is 6.54 Å². The highest BCUT2D eigenvalue weighted by atomic mass is 32.1. The fraction of sp³-hybridized carbons (Fsp3) is 0.647. The smallest absolute Gasteiger partial charge is 0.243 e. The van der Waals surface area contributed by atoms with Crippen LogP contribution in [0.4, 0.5) is 0 Å². The van der Waals surface area contributed by atoms with Gasteiger partial charge in [-0.3, -0.25) is 9.59 Å². The lowest BCUT2D eigenvalue weighted by Crippen LogP contribution is -2.52. The van der Waals surface area contributed by atoms with Crippen molar-refractivity contribution in [2.24, 2.45) is 0 Å². The van der Waals surface area contributed by atoms with Crippen LogP contribution in [0.1, 0.15) is 60.9 Å². The largest absolute Gasteiger partial charge is 0.348 e. The molecule has 5 heteroatoms. The van der Waals surface area contributed by atoms with Crippen LogP contribution >= 0.6 is 11.3 Å². The molecular weight excluding hydrogens is 296 g/mol. The van der Waals surface area contributed by atoms with E-state index < -0.39 is 0 Å². The maximum absolute atomic E-state index is 12.6. The number of likely N-dealkylation sites (tertiary alicyclic amines) is 1. The summed E-state index contributed by atoms with van der Waals surface area (Å²) in [6.45, 7) is 8.74. The first-order chi connectivity index (χ1) is 10.4. The van der Waals surface area contributed by atoms with Crippen LogP contribution in [-0.2, 0) is 9.59 Å². The number of rotatable bonds is 4. The average Bonchev–Trinajstić information content (AvgIpc) is 2.85. The zero-order valence-corrected chi connectivity index (χ0v) is 14.8. The summed E-state index contributed by atoms with van der Waals surface area (Å²) in [5.74, 6) is 0.0623. The van der Waals surface area contributed by atoms with E-state index in [-0.39, 0.29) is 23.9 Å². The second-order valence-corrected chi connectivity index (χ2v) is 7.51. The number of aryl methyl sites for hydroxylation is 2. The average molecular weight is 322 g/mol. The molecule has 1 N–H and O–H groups in total. The number of thiophene rings is 1. The summed E-state index contributed by atoms with van der Waals surface area (Å²) in [6, 6.07) is 1.82. The number of amides is 2. The molecule has 0 spiro atoms. The molecule has 1 aliphatic rings. The molecule has 2 amide bonds. The Morgan fingerprint density at radius 3 is 2.73 bits per heavy atom. The predicted octanol–water partition coefficient (Wildman–Crippen LogP) is 3.33. The molecule has 0 aromatic carbocycles. The molecule has 1 aliphatic heterocycles. The van der Waals surface area contributed by atoms with Crippen LogP contribution in [0.25, 0.3) is 0 Å². The molecule has 22 heavy (non-hydrogen) atoms. The first-order valence-electron chi connectivity index (χ1n) is 8.10. The molecule has 0 bridgehead atoms. The summed E-state index contributed by atoms with van der Waals surface area (Å²) in [6.07, 6.45) is 3.23. The minimum Gasteiger partial charge on any atom is -0.348 e. The normalized spacial score (nSPS) is 19.8. The summed E-state index contributed by atoms with van der Waals surface area (Å²) in [7, 11) is 0. The van der Waals surface area contributed by atoms with Crippen LogP contribution < -0.4 is 5.32 Å². The quantitative estimate of drug-likeness (QED) is 0.924. The maximum Gasteiger partial charge on any atom is 0.243 e. The SMILES string of the molecule is CCC(=O)N1CCCC[C@@H]1C(=O)N[C@@H](C)c1cc(C)sc1C. The molecule has 1 saturated heterocycles. The van der Waals surface area contributed by atoms with Crippen molar-refractivity contribution in [3.63, 3.8) is 0 Å². The first-order valence-corrected chi connectivity index (χ1v) is 8.92. The van der Waals surface area contributed by atoms with Crippen LogP contribution in [0, 0.1) is 13.8 Å². The van der Waals surface area contributed by atoms with E-state index in [2.05, 4.69) is 25.2 Å². The Bertz CT molecular complexity index is 553. The summed E-state index contributed by atoms with van der Waals surface area (Å²) >= 11 is 1.75. The van der Waals surface area contributed by atoms with E-state index in [4.69, 9.17) is 0 Å². The van der Waals surface area contributed by atoms with Crippen LogP contribution in [0.3, 0.4) is 0 Å². The monoisotopic (exact) mass is 322 g/mol. The Balaban J connectivity index is 2.06. The van der Waals surface area contributed by atoms with Crippen LogP contribution in [0.15, 0.2) is 6.07 Å². The molecule has 2 atom stereocenters. The van der Waals surface area contributed by atoms with E-state index in [0.29, 0.717) is 13.0 Å². The lowest BCUT2D eigenvalue weighted by Gasteiger charge is -2.35. The van der Waals surface area contributed by atoms with Gasteiger partial charge >= 0.3 is 0 Å². The van der Waals surface area contributed by atoms with Crippen molar-refractivity contribution in [1.82, 2.24) is 10.2 Å². The molecule has 1 fully saturated rings. The van der Waals surface area contributed by atoms with Crippen LogP contribution in [-0.4, -0.2) is 29.3 Å². The fourth-order valence-corrected chi connectivity index (χ4v) is 4.20. The van der Waals surface area contributed by atoms with E-state index >= 15 is 0 Å². The number of hydrogen-bond acceptors (Lipinski definition) is 3. The fourth-order valence-electron chi connectivity index (χ4n) is 3.17. The minimum absolute atomic E-state index is 0.0158. The molecule has 0 unspecified atom stereocenters. The summed E-state index contributed by atoms with van der Waals surface area (Å²) in [5, 5.41) is 3.10. The van der Waals surface area contributed by atoms with Gasteiger partial charge in [0.2, 0.25) is 11.8 Å². The minimum atomic E-state index is -0.302. The summed E-state index contributed by atoms with van der Waals surface area (Å²) in [4.78, 5) is 28.9. The number of carbonyl (C=O) groups excluding carboxylic acids is 2. The van der Waals surface area contributed by atoms with Gasteiger partial charge in [-0.05, 0) is 51.7 Å². The van der Waals surface area contributed by atoms with Gasteiger partial charge in [0.1, 0.15) is 6.04 Å². The van der Waals surface area contributed by atoms with E-state index in [1.165, 1.54) is 15.3 Å². The van der Waals surface area contributed by atoms with E-state index in [1.54, 1.807) is 16.2 Å². The van der Waals surface area contributed by atoms with Gasteiger partial charge in [-0.1, -0.05) is 6.92 Å². The van der Waals surface area contributed by atoms with E-state index in [9.17, 15) is 9.59 Å². The van der Waals surface area contributed by atoms with Gasteiger partial charge < -0.3 is 10.2 Å². The molecule has 2 rings (SSSR count). The molecule has 122 valence electrons. The molecule has 0 aliphatic carbocycles. The van der Waals surface area contributed by atoms with Gasteiger partial charge in [0.05, 0.1) is 6.04 Å². The summed E-state index contributed by atoms with van der Waals surface area (Å²) < 4.78 is 0. The van der Waals surface area contributed by atoms with Gasteiger partial charge in [0.25, 0.3) is 0 Å². The Morgan fingerprint density at radius 1 is 1.41 bits per heavy atom. The van der Waals surface area contributed by atoms with Gasteiger partial charge in [-0.15, -0.1) is 11.3 Å². The molecule has 2 heterocycles. The van der Waals surface area contributed by atoms with Gasteiger partial charge in [-0.2, -0.15) is 0 Å². The number of hydrogen-bond donors (Lipinski definition) is 1. The number of piperidine rings is 1. The summed E-state index contributed by atoms with van der Waals surface area (Å²) in [5.41, 5.74) is 1.18. The van der Waals surface area contributed by atoms with Gasteiger partial charge in [-0.25, -0.2) is 0 Å². The first kappa shape index (κ1) is 17.0. The third-order valence-electron chi connectivity index (χ3n) is 4.33. The molecule has 0 saturated carbocycles. The van der Waals surface area contributed by atoms with Gasteiger partial charge in [0.15, 0.2) is 0 Å². The lowest BCUT2D eigenvalue weighted by molar-refractivity contribution is -0.142. The van der Waals surface area contributed by atoms with Crippen molar-refractivity contribution in [2.45, 2.75) is 65.5 Å². The molecule has 1 aromatic heterocycles. The van der Waals surface area contributed by atoms with Crippen molar-refractivity contribution < 1.29 is 9.59 Å². The van der Waals surface area contributed by atoms with Crippen molar-refractivity contribution in [3.8, 4) is 0 Å². The zero-order chi connectivity index (χ0) is 16.3. The molecular formula is C17H26N2O2S. The zero-order valence-electron chi connectivity index (χ0n) is 13.9. The highest BCUT2D eigenvalue weighted by Crippen LogP contribution is 2.27. The Morgan fingerprint density at radius 2 is 2.14 bits per heavy atom. The highest BCUT2D eigenvalue weighted by molar-refractivity contribution is 7.12. The number of nitrogens with zero attached hydrogens (tertiary/aromatic N) is 1. The Hall–Kier alpha value is -1.36. The number of nitrogens with one attached hydrogen (secondary N) is 1. The Labute approximate surface area is 136 Å². The van der Waals surface area contributed by atoms with Crippen molar-refractivity contribution in [3.05, 3.63) is 21.4 Å². The lowest BCUT2D eigenvalue weighted by atomic mass is 10.00. The third-order valence-corrected chi connectivity index (χ3v) is 5.31. The van der Waals surface area contributed by atoms with Crippen LogP contribution in [0.2, 0.25) is 0 Å². The van der Waals surface area contributed by atoms with Crippen molar-refractivity contribution >= 4 is 23.2 Å². The standard InChI is InChI=1S/C17H26N2O2S/c1-5-16(20)19-9-7-6-8-15(19)17(21)18-12(3)14-10-11(2)22-13(14)4/h10,12,15H,5-9H2,1-4H3,(H,18,21)/t12-,15+/m0/s1. The van der Waals surface area contributed by atoms with Gasteiger partial charge in [0, 0.05) is 22.7 Å². The number of carbonyl (C=O) groups is 2. The highest BCUT2D eigenvalue weighted by Gasteiger charge is 2.32. The van der Waals surface area contributed by atoms with E-state index in [0.717, 1.165) is 19.3 Å². The van der Waals surface area contributed by atoms with E-state index in [1.807, 2.05) is 13.8 Å². The topological polar surface area (TPSA) is 49.4 Å². The predicted molar refractivity (Wildman–Crippen MR) is 90.0 cm³/mol. The Kier molecular flexibility index (Phi) is 5.62. The maximum atomic E-state index is 12.6. The van der Waals surface area contributed by atoms with Crippen LogP contribution in [0.5, 0.6) is 0 Å². The second kappa shape index (κ2) is 7.27. The second-order valence-electron chi connectivity index (χ2n) is 6.05. The third kappa shape index (κ3) is 3.69. The van der Waals surface area contributed by atoms with Crippen molar-refractivity contribution in [1.29, 1.82) is 0 Å².